The highest BCUT2D eigenvalue weighted by molar-refractivity contribution is 7.99. The van der Waals surface area contributed by atoms with Gasteiger partial charge in [-0.05, 0) is 48.0 Å². The maximum Gasteiger partial charge on any atom is 0.123 e. The van der Waals surface area contributed by atoms with Crippen LogP contribution in [0.25, 0.3) is 11.3 Å². The number of aromatic amines is 1. The van der Waals surface area contributed by atoms with Gasteiger partial charge >= 0.3 is 0 Å². The Morgan fingerprint density at radius 3 is 2.32 bits per heavy atom. The first kappa shape index (κ1) is 12.1. The van der Waals surface area contributed by atoms with Crippen LogP contribution in [0, 0.1) is 5.82 Å². The van der Waals surface area contributed by atoms with Gasteiger partial charge in [0, 0.05) is 16.0 Å². The lowest BCUT2D eigenvalue weighted by atomic mass is 10.1. The summed E-state index contributed by atoms with van der Waals surface area (Å²) in [7, 11) is 0. The van der Waals surface area contributed by atoms with Crippen LogP contribution < -0.4 is 0 Å². The minimum Gasteiger partial charge on any atom is -0.360 e. The molecule has 0 saturated carbocycles. The summed E-state index contributed by atoms with van der Waals surface area (Å²) < 4.78 is 13.0. The zero-order valence-electron chi connectivity index (χ0n) is 10.1. The molecule has 1 aromatic heterocycles. The SMILES string of the molecule is Fc1ccc(-c2[nH]ccc2Sc2ccccc2)cc1. The molecule has 0 radical (unpaired) electrons. The number of nitrogens with one attached hydrogen (secondary N) is 1. The predicted octanol–water partition coefficient (Wildman–Crippen LogP) is 4.97. The Balaban J connectivity index is 1.92. The molecule has 0 atom stereocenters. The molecule has 0 saturated heterocycles. The van der Waals surface area contributed by atoms with Gasteiger partial charge in [0.2, 0.25) is 0 Å². The van der Waals surface area contributed by atoms with E-state index in [-0.39, 0.29) is 5.82 Å². The van der Waals surface area contributed by atoms with Gasteiger partial charge in [-0.25, -0.2) is 4.39 Å². The van der Waals surface area contributed by atoms with Crippen LogP contribution in [0.5, 0.6) is 0 Å². The minimum absolute atomic E-state index is 0.215. The van der Waals surface area contributed by atoms with Crippen molar-refractivity contribution >= 4 is 11.8 Å². The first-order valence-corrected chi connectivity index (χ1v) is 6.81. The zero-order valence-corrected chi connectivity index (χ0v) is 11.0. The lowest BCUT2D eigenvalue weighted by Gasteiger charge is -2.04. The van der Waals surface area contributed by atoms with Gasteiger partial charge in [-0.3, -0.25) is 0 Å². The quantitative estimate of drug-likeness (QED) is 0.709. The van der Waals surface area contributed by atoms with Gasteiger partial charge in [0.05, 0.1) is 5.69 Å². The Kier molecular flexibility index (Phi) is 3.38. The summed E-state index contributed by atoms with van der Waals surface area (Å²) in [6, 6.07) is 18.8. The first-order chi connectivity index (χ1) is 9.33. The average Bonchev–Trinajstić information content (AvgIpc) is 2.89. The van der Waals surface area contributed by atoms with Crippen molar-refractivity contribution in [2.45, 2.75) is 9.79 Å². The van der Waals surface area contributed by atoms with E-state index in [1.165, 1.54) is 17.0 Å². The molecule has 0 fully saturated rings. The Morgan fingerprint density at radius 2 is 1.58 bits per heavy atom. The molecule has 19 heavy (non-hydrogen) atoms. The van der Waals surface area contributed by atoms with E-state index in [0.29, 0.717) is 0 Å². The smallest absolute Gasteiger partial charge is 0.123 e. The second kappa shape index (κ2) is 5.33. The second-order valence-electron chi connectivity index (χ2n) is 4.14. The summed E-state index contributed by atoms with van der Waals surface area (Å²) in [4.78, 5) is 5.54. The van der Waals surface area contributed by atoms with Gasteiger partial charge in [0.25, 0.3) is 0 Å². The second-order valence-corrected chi connectivity index (χ2v) is 5.25. The molecule has 3 heteroatoms. The van der Waals surface area contributed by atoms with Crippen molar-refractivity contribution in [3.63, 3.8) is 0 Å². The zero-order chi connectivity index (χ0) is 13.1. The van der Waals surface area contributed by atoms with Gasteiger partial charge in [-0.1, -0.05) is 30.0 Å². The van der Waals surface area contributed by atoms with Crippen LogP contribution in [-0.2, 0) is 0 Å². The van der Waals surface area contributed by atoms with E-state index in [2.05, 4.69) is 17.1 Å². The third kappa shape index (κ3) is 2.71. The predicted molar refractivity (Wildman–Crippen MR) is 76.8 cm³/mol. The van der Waals surface area contributed by atoms with Crippen LogP contribution in [0.1, 0.15) is 0 Å². The van der Waals surface area contributed by atoms with Crippen LogP contribution in [0.3, 0.4) is 0 Å². The molecular weight excluding hydrogens is 257 g/mol. The molecule has 1 N–H and O–H groups in total. The van der Waals surface area contributed by atoms with Crippen molar-refractivity contribution in [2.24, 2.45) is 0 Å². The fraction of sp³-hybridized carbons (Fsp3) is 0. The molecule has 2 aromatic carbocycles. The molecule has 0 aliphatic carbocycles. The Hall–Kier alpha value is -2.00. The highest BCUT2D eigenvalue weighted by Gasteiger charge is 2.08. The number of H-pyrrole nitrogens is 1. The minimum atomic E-state index is -0.215. The molecule has 0 aliphatic heterocycles. The summed E-state index contributed by atoms with van der Waals surface area (Å²) in [6.07, 6.45) is 1.91. The molecule has 1 heterocycles. The molecule has 1 nitrogen and oxygen atoms in total. The highest BCUT2D eigenvalue weighted by Crippen LogP contribution is 2.35. The van der Waals surface area contributed by atoms with Crippen molar-refractivity contribution < 1.29 is 4.39 Å². The van der Waals surface area contributed by atoms with Gasteiger partial charge in [0.15, 0.2) is 0 Å². The Morgan fingerprint density at radius 1 is 0.842 bits per heavy atom. The van der Waals surface area contributed by atoms with E-state index in [4.69, 9.17) is 0 Å². The number of hydrogen-bond donors (Lipinski definition) is 1. The lowest BCUT2D eigenvalue weighted by Crippen LogP contribution is -1.81. The normalized spacial score (nSPS) is 10.6. The third-order valence-corrected chi connectivity index (χ3v) is 3.88. The van der Waals surface area contributed by atoms with Crippen LogP contribution in [0.4, 0.5) is 4.39 Å². The number of rotatable bonds is 3. The first-order valence-electron chi connectivity index (χ1n) is 5.99. The number of hydrogen-bond acceptors (Lipinski definition) is 1. The van der Waals surface area contributed by atoms with E-state index in [1.807, 2.05) is 30.5 Å². The number of benzene rings is 2. The van der Waals surface area contributed by atoms with Gasteiger partial charge in [0.1, 0.15) is 5.82 Å². The van der Waals surface area contributed by atoms with E-state index >= 15 is 0 Å². The summed E-state index contributed by atoms with van der Waals surface area (Å²) in [5, 5.41) is 0. The molecule has 3 rings (SSSR count). The van der Waals surface area contributed by atoms with E-state index in [1.54, 1.807) is 23.9 Å². The topological polar surface area (TPSA) is 15.8 Å². The van der Waals surface area contributed by atoms with E-state index in [0.717, 1.165) is 16.2 Å². The fourth-order valence-electron chi connectivity index (χ4n) is 1.90. The summed E-state index contributed by atoms with van der Waals surface area (Å²) in [6.45, 7) is 0. The molecule has 0 unspecified atom stereocenters. The van der Waals surface area contributed by atoms with Gasteiger partial charge < -0.3 is 4.98 Å². The number of halogens is 1. The summed E-state index contributed by atoms with van der Waals surface area (Å²) in [5.74, 6) is -0.215. The summed E-state index contributed by atoms with van der Waals surface area (Å²) >= 11 is 1.69. The summed E-state index contributed by atoms with van der Waals surface area (Å²) in [5.41, 5.74) is 2.01. The average molecular weight is 269 g/mol. The molecule has 0 amide bonds. The Bertz CT molecular complexity index is 659. The number of aromatic nitrogens is 1. The monoisotopic (exact) mass is 269 g/mol. The highest BCUT2D eigenvalue weighted by atomic mass is 32.2. The molecule has 0 bridgehead atoms. The van der Waals surface area contributed by atoms with Crippen molar-refractivity contribution in [3.05, 3.63) is 72.7 Å². The van der Waals surface area contributed by atoms with E-state index < -0.39 is 0 Å². The molecule has 0 aliphatic rings. The third-order valence-electron chi connectivity index (χ3n) is 2.81. The van der Waals surface area contributed by atoms with E-state index in [9.17, 15) is 4.39 Å². The maximum absolute atomic E-state index is 13.0. The van der Waals surface area contributed by atoms with Gasteiger partial charge in [-0.15, -0.1) is 0 Å². The lowest BCUT2D eigenvalue weighted by molar-refractivity contribution is 0.628. The van der Waals surface area contributed by atoms with Crippen molar-refractivity contribution in [2.75, 3.05) is 0 Å². The fourth-order valence-corrected chi connectivity index (χ4v) is 2.86. The molecule has 0 spiro atoms. The van der Waals surface area contributed by atoms with Crippen molar-refractivity contribution in [1.82, 2.24) is 4.98 Å². The van der Waals surface area contributed by atoms with Crippen LogP contribution in [-0.4, -0.2) is 4.98 Å². The Labute approximate surface area is 115 Å². The van der Waals surface area contributed by atoms with Crippen LogP contribution in [0.15, 0.2) is 76.7 Å². The van der Waals surface area contributed by atoms with Crippen LogP contribution >= 0.6 is 11.8 Å². The largest absolute Gasteiger partial charge is 0.360 e. The molecule has 3 aromatic rings. The standard InChI is InChI=1S/C16H12FNS/c17-13-8-6-12(7-9-13)16-15(10-11-18-16)19-14-4-2-1-3-5-14/h1-11,18H. The maximum atomic E-state index is 13.0. The molecule has 94 valence electrons. The van der Waals surface area contributed by atoms with Crippen molar-refractivity contribution in [1.29, 1.82) is 0 Å². The van der Waals surface area contributed by atoms with Crippen LogP contribution in [0.2, 0.25) is 0 Å². The molecular formula is C16H12FNS. The van der Waals surface area contributed by atoms with Crippen molar-refractivity contribution in [3.8, 4) is 11.3 Å². The van der Waals surface area contributed by atoms with Gasteiger partial charge in [-0.2, -0.15) is 0 Å².